The van der Waals surface area contributed by atoms with Gasteiger partial charge in [0, 0.05) is 6.42 Å². The van der Waals surface area contributed by atoms with Crippen LogP contribution in [0.3, 0.4) is 0 Å². The standard InChI is InChI=1S/C17H27O3P/c1-3-5-14-19-21(20-15-6-4-2)17(18)13-12-16-10-8-7-9-11-16/h7-11H,3-6,12-15H2,1-2H3. The molecular weight excluding hydrogens is 283 g/mol. The summed E-state index contributed by atoms with van der Waals surface area (Å²) in [5.74, 6) is 0. The molecule has 0 saturated heterocycles. The highest BCUT2D eigenvalue weighted by Crippen LogP contribution is 2.41. The predicted molar refractivity (Wildman–Crippen MR) is 88.4 cm³/mol. The van der Waals surface area contributed by atoms with E-state index in [4.69, 9.17) is 9.05 Å². The molecule has 0 aliphatic carbocycles. The maximum absolute atomic E-state index is 12.3. The summed E-state index contributed by atoms with van der Waals surface area (Å²) in [6, 6.07) is 10.1. The molecule has 1 aromatic rings. The summed E-state index contributed by atoms with van der Waals surface area (Å²) < 4.78 is 11.3. The van der Waals surface area contributed by atoms with Gasteiger partial charge in [-0.25, -0.2) is 0 Å². The van der Waals surface area contributed by atoms with Crippen LogP contribution < -0.4 is 0 Å². The van der Waals surface area contributed by atoms with Gasteiger partial charge < -0.3 is 9.05 Å². The summed E-state index contributed by atoms with van der Waals surface area (Å²) in [5, 5.41) is 0. The minimum Gasteiger partial charge on any atom is -0.329 e. The summed E-state index contributed by atoms with van der Waals surface area (Å²) in [4.78, 5) is 12.3. The largest absolute Gasteiger partial charge is 0.329 e. The fourth-order valence-electron chi connectivity index (χ4n) is 1.75. The second-order valence-corrected chi connectivity index (χ2v) is 6.54. The zero-order chi connectivity index (χ0) is 15.3. The van der Waals surface area contributed by atoms with E-state index >= 15 is 0 Å². The first kappa shape index (κ1) is 18.3. The Hall–Kier alpha value is -0.760. The average molecular weight is 310 g/mol. The molecule has 0 aromatic heterocycles. The number of carbonyl (C=O) groups is 1. The maximum atomic E-state index is 12.3. The Labute approximate surface area is 130 Å². The van der Waals surface area contributed by atoms with Gasteiger partial charge in [-0.05, 0) is 24.8 Å². The molecule has 0 saturated carbocycles. The van der Waals surface area contributed by atoms with Crippen molar-refractivity contribution in [3.05, 3.63) is 35.9 Å². The number of benzene rings is 1. The molecule has 1 rings (SSSR count). The number of unbranched alkanes of at least 4 members (excludes halogenated alkanes) is 2. The lowest BCUT2D eigenvalue weighted by Crippen LogP contribution is -2.05. The first-order valence-corrected chi connectivity index (χ1v) is 9.08. The van der Waals surface area contributed by atoms with E-state index in [0.717, 1.165) is 32.1 Å². The van der Waals surface area contributed by atoms with Crippen molar-refractivity contribution in [2.45, 2.75) is 52.4 Å². The van der Waals surface area contributed by atoms with Gasteiger partial charge in [0.25, 0.3) is 0 Å². The van der Waals surface area contributed by atoms with Crippen LogP contribution in [-0.4, -0.2) is 18.7 Å². The van der Waals surface area contributed by atoms with Gasteiger partial charge in [-0.3, -0.25) is 4.79 Å². The predicted octanol–water partition coefficient (Wildman–Crippen LogP) is 5.09. The van der Waals surface area contributed by atoms with Crippen LogP contribution in [0.2, 0.25) is 0 Å². The fraction of sp³-hybridized carbons (Fsp3) is 0.588. The van der Waals surface area contributed by atoms with Crippen LogP contribution in [0.15, 0.2) is 30.3 Å². The summed E-state index contributed by atoms with van der Waals surface area (Å²) >= 11 is 0. The third kappa shape index (κ3) is 8.31. The van der Waals surface area contributed by atoms with Crippen molar-refractivity contribution in [1.82, 2.24) is 0 Å². The van der Waals surface area contributed by atoms with Crippen LogP contribution in [0.1, 0.15) is 51.5 Å². The molecule has 0 atom stereocenters. The third-order valence-electron chi connectivity index (χ3n) is 3.09. The first-order valence-electron chi connectivity index (χ1n) is 7.90. The lowest BCUT2D eigenvalue weighted by molar-refractivity contribution is -0.113. The number of carbonyl (C=O) groups excluding carboxylic acids is 1. The topological polar surface area (TPSA) is 35.5 Å². The van der Waals surface area contributed by atoms with Crippen molar-refractivity contribution in [3.63, 3.8) is 0 Å². The van der Waals surface area contributed by atoms with Crippen molar-refractivity contribution in [2.24, 2.45) is 0 Å². The van der Waals surface area contributed by atoms with E-state index in [9.17, 15) is 4.79 Å². The van der Waals surface area contributed by atoms with Crippen LogP contribution in [-0.2, 0) is 20.3 Å². The molecule has 3 nitrogen and oxygen atoms in total. The van der Waals surface area contributed by atoms with Gasteiger partial charge in [0.05, 0.1) is 13.2 Å². The molecular formula is C17H27O3P. The van der Waals surface area contributed by atoms with E-state index in [2.05, 4.69) is 13.8 Å². The van der Waals surface area contributed by atoms with Crippen molar-refractivity contribution < 1.29 is 13.8 Å². The monoisotopic (exact) mass is 310 g/mol. The normalized spacial score (nSPS) is 11.0. The van der Waals surface area contributed by atoms with Gasteiger partial charge in [-0.1, -0.05) is 57.0 Å². The maximum Gasteiger partial charge on any atom is 0.243 e. The first-order chi connectivity index (χ1) is 10.3. The molecule has 0 amide bonds. The van der Waals surface area contributed by atoms with Gasteiger partial charge in [-0.15, -0.1) is 0 Å². The van der Waals surface area contributed by atoms with E-state index in [1.807, 2.05) is 30.3 Å². The SMILES string of the molecule is CCCCOP(OCCCC)C(=O)CCc1ccccc1. The Morgan fingerprint density at radius 2 is 1.57 bits per heavy atom. The summed E-state index contributed by atoms with van der Waals surface area (Å²) in [6.07, 6.45) is 5.33. The van der Waals surface area contributed by atoms with Crippen molar-refractivity contribution in [3.8, 4) is 0 Å². The highest BCUT2D eigenvalue weighted by atomic mass is 31.2. The quantitative estimate of drug-likeness (QED) is 0.398. The number of aryl methyl sites for hydroxylation is 1. The average Bonchev–Trinajstić information content (AvgIpc) is 2.52. The molecule has 0 heterocycles. The van der Waals surface area contributed by atoms with Crippen LogP contribution in [0.25, 0.3) is 0 Å². The summed E-state index contributed by atoms with van der Waals surface area (Å²) in [7, 11) is -1.38. The Balaban J connectivity index is 2.40. The number of hydrogen-bond donors (Lipinski definition) is 0. The van der Waals surface area contributed by atoms with Crippen LogP contribution in [0.4, 0.5) is 0 Å². The minimum atomic E-state index is -1.38. The molecule has 21 heavy (non-hydrogen) atoms. The smallest absolute Gasteiger partial charge is 0.243 e. The van der Waals surface area contributed by atoms with Crippen molar-refractivity contribution in [1.29, 1.82) is 0 Å². The van der Waals surface area contributed by atoms with E-state index in [1.54, 1.807) is 0 Å². The van der Waals surface area contributed by atoms with Crippen molar-refractivity contribution in [2.75, 3.05) is 13.2 Å². The summed E-state index contributed by atoms with van der Waals surface area (Å²) in [5.41, 5.74) is 1.30. The fourth-order valence-corrected chi connectivity index (χ4v) is 3.00. The molecule has 0 bridgehead atoms. The van der Waals surface area contributed by atoms with E-state index in [0.29, 0.717) is 19.6 Å². The van der Waals surface area contributed by atoms with Crippen molar-refractivity contribution >= 4 is 13.9 Å². The molecule has 0 spiro atoms. The van der Waals surface area contributed by atoms with Gasteiger partial charge in [-0.2, -0.15) is 0 Å². The van der Waals surface area contributed by atoms with Crippen LogP contribution in [0, 0.1) is 0 Å². The molecule has 0 aliphatic rings. The third-order valence-corrected chi connectivity index (χ3v) is 4.55. The van der Waals surface area contributed by atoms with Crippen LogP contribution in [0.5, 0.6) is 0 Å². The second-order valence-electron chi connectivity index (χ2n) is 5.01. The Bertz CT molecular complexity index is 371. The van der Waals surface area contributed by atoms with Gasteiger partial charge in [0.2, 0.25) is 13.9 Å². The molecule has 0 aliphatic heterocycles. The van der Waals surface area contributed by atoms with Gasteiger partial charge >= 0.3 is 0 Å². The number of rotatable bonds is 12. The van der Waals surface area contributed by atoms with E-state index in [-0.39, 0.29) is 5.52 Å². The zero-order valence-electron chi connectivity index (χ0n) is 13.2. The lowest BCUT2D eigenvalue weighted by atomic mass is 10.1. The van der Waals surface area contributed by atoms with Crippen LogP contribution >= 0.6 is 8.38 Å². The molecule has 0 unspecified atom stereocenters. The van der Waals surface area contributed by atoms with Gasteiger partial charge in [0.15, 0.2) is 0 Å². The molecule has 0 N–H and O–H groups in total. The molecule has 4 heteroatoms. The minimum absolute atomic E-state index is 0.112. The second kappa shape index (κ2) is 11.9. The molecule has 0 radical (unpaired) electrons. The molecule has 0 fully saturated rings. The Morgan fingerprint density at radius 1 is 1.00 bits per heavy atom. The van der Waals surface area contributed by atoms with E-state index in [1.165, 1.54) is 5.56 Å². The lowest BCUT2D eigenvalue weighted by Gasteiger charge is -2.16. The number of hydrogen-bond acceptors (Lipinski definition) is 3. The highest BCUT2D eigenvalue weighted by molar-refractivity contribution is 7.66. The Kier molecular flexibility index (Phi) is 10.3. The molecule has 118 valence electrons. The van der Waals surface area contributed by atoms with E-state index < -0.39 is 8.38 Å². The highest BCUT2D eigenvalue weighted by Gasteiger charge is 2.20. The summed E-state index contributed by atoms with van der Waals surface area (Å²) in [6.45, 7) is 5.46. The zero-order valence-corrected chi connectivity index (χ0v) is 14.1. The Morgan fingerprint density at radius 3 is 2.10 bits per heavy atom. The molecule has 1 aromatic carbocycles. The van der Waals surface area contributed by atoms with Gasteiger partial charge in [0.1, 0.15) is 0 Å².